The van der Waals surface area contributed by atoms with Gasteiger partial charge in [0.1, 0.15) is 6.61 Å². The number of carbonyl (C=O) groups is 7. The van der Waals surface area contributed by atoms with Crippen LogP contribution in [0.5, 0.6) is 0 Å². The SMILES string of the molecule is CC(=O)OC[C@@H](OC(C)=O)[C@@H](OC(C)=O)[C@H](OC(C)=O)[C@@H](OC(C)=O)C(=O)NCCCCCCCCCCCCCCCCCCCCCCCC(=O)O. The van der Waals surface area contributed by atoms with Crippen LogP contribution in [0.3, 0.4) is 0 Å². The Morgan fingerprint density at radius 2 is 0.796 bits per heavy atom. The summed E-state index contributed by atoms with van der Waals surface area (Å²) < 4.78 is 26.1. The Morgan fingerprint density at radius 1 is 0.444 bits per heavy atom. The van der Waals surface area contributed by atoms with E-state index in [2.05, 4.69) is 5.32 Å². The second kappa shape index (κ2) is 32.7. The van der Waals surface area contributed by atoms with Crippen molar-refractivity contribution >= 4 is 41.7 Å². The molecular weight excluding hydrogens is 702 g/mol. The molecule has 0 fully saturated rings. The fourth-order valence-electron chi connectivity index (χ4n) is 6.17. The van der Waals surface area contributed by atoms with Gasteiger partial charge in [0, 0.05) is 47.6 Å². The fourth-order valence-corrected chi connectivity index (χ4v) is 6.17. The highest BCUT2D eigenvalue weighted by atomic mass is 16.6. The summed E-state index contributed by atoms with van der Waals surface area (Å²) in [7, 11) is 0. The van der Waals surface area contributed by atoms with Gasteiger partial charge in [0.15, 0.2) is 18.3 Å². The molecule has 14 heteroatoms. The number of rotatable bonds is 34. The van der Waals surface area contributed by atoms with Crippen LogP contribution >= 0.6 is 0 Å². The van der Waals surface area contributed by atoms with Crippen molar-refractivity contribution in [2.45, 2.75) is 200 Å². The molecule has 14 nitrogen and oxygen atoms in total. The number of unbranched alkanes of at least 4 members (excludes halogenated alkanes) is 20. The van der Waals surface area contributed by atoms with Gasteiger partial charge in [0.25, 0.3) is 5.91 Å². The van der Waals surface area contributed by atoms with Crippen molar-refractivity contribution in [2.24, 2.45) is 0 Å². The van der Waals surface area contributed by atoms with E-state index in [4.69, 9.17) is 28.8 Å². The molecule has 0 unspecified atom stereocenters. The van der Waals surface area contributed by atoms with Gasteiger partial charge in [-0.2, -0.15) is 0 Å². The first kappa shape index (κ1) is 50.3. The van der Waals surface area contributed by atoms with Crippen LogP contribution in [0.15, 0.2) is 0 Å². The molecule has 0 aliphatic heterocycles. The average molecular weight is 772 g/mol. The van der Waals surface area contributed by atoms with Crippen molar-refractivity contribution in [3.05, 3.63) is 0 Å². The maximum absolute atomic E-state index is 13.3. The second-order valence-electron chi connectivity index (χ2n) is 14.0. The number of carboxylic acid groups (broad SMARTS) is 1. The number of esters is 5. The van der Waals surface area contributed by atoms with Crippen LogP contribution in [0.2, 0.25) is 0 Å². The van der Waals surface area contributed by atoms with Gasteiger partial charge in [0.05, 0.1) is 0 Å². The van der Waals surface area contributed by atoms with E-state index in [1.807, 2.05) is 0 Å². The number of hydrogen-bond donors (Lipinski definition) is 2. The summed E-state index contributed by atoms with van der Waals surface area (Å²) in [4.78, 5) is 83.4. The minimum absolute atomic E-state index is 0.250. The van der Waals surface area contributed by atoms with Crippen LogP contribution in [0.1, 0.15) is 176 Å². The monoisotopic (exact) mass is 771 g/mol. The fraction of sp³-hybridized carbons (Fsp3) is 0.825. The minimum atomic E-state index is -1.78. The number of carbonyl (C=O) groups excluding carboxylic acids is 6. The van der Waals surface area contributed by atoms with E-state index in [1.165, 1.54) is 83.5 Å². The van der Waals surface area contributed by atoms with Crippen molar-refractivity contribution in [1.29, 1.82) is 0 Å². The zero-order valence-corrected chi connectivity index (χ0v) is 33.6. The van der Waals surface area contributed by atoms with E-state index in [9.17, 15) is 33.6 Å². The lowest BCUT2D eigenvalue weighted by Gasteiger charge is -2.34. The van der Waals surface area contributed by atoms with Gasteiger partial charge < -0.3 is 34.1 Å². The third kappa shape index (κ3) is 29.7. The summed E-state index contributed by atoms with van der Waals surface area (Å²) in [6.45, 7) is 4.97. The van der Waals surface area contributed by atoms with Crippen molar-refractivity contribution < 1.29 is 62.4 Å². The number of hydrogen-bond acceptors (Lipinski definition) is 12. The molecule has 0 saturated carbocycles. The summed E-state index contributed by atoms with van der Waals surface area (Å²) in [5.74, 6) is -5.73. The van der Waals surface area contributed by atoms with Gasteiger partial charge in [-0.05, 0) is 12.8 Å². The molecule has 0 saturated heterocycles. The van der Waals surface area contributed by atoms with Gasteiger partial charge in [-0.3, -0.25) is 33.6 Å². The van der Waals surface area contributed by atoms with Crippen LogP contribution < -0.4 is 5.32 Å². The number of amides is 1. The summed E-state index contributed by atoms with van der Waals surface area (Å²) in [5.41, 5.74) is 0. The zero-order valence-electron chi connectivity index (χ0n) is 33.6. The van der Waals surface area contributed by atoms with E-state index >= 15 is 0 Å². The largest absolute Gasteiger partial charge is 0.481 e. The van der Waals surface area contributed by atoms with Crippen LogP contribution in [0, 0.1) is 0 Å². The lowest BCUT2D eigenvalue weighted by molar-refractivity contribution is -0.203. The highest BCUT2D eigenvalue weighted by molar-refractivity contribution is 5.84. The Kier molecular flexibility index (Phi) is 30.5. The summed E-state index contributed by atoms with van der Waals surface area (Å²) in [6, 6.07) is 0. The highest BCUT2D eigenvalue weighted by Crippen LogP contribution is 2.21. The molecule has 0 aromatic heterocycles. The van der Waals surface area contributed by atoms with Gasteiger partial charge in [-0.25, -0.2) is 0 Å². The molecule has 0 bridgehead atoms. The quantitative estimate of drug-likeness (QED) is 0.0383. The number of aliphatic carboxylic acids is 1. The standard InChI is InChI=1S/C40H69NO13/c1-30(42)50-29-35(51-31(2)43)37(52-32(3)44)38(53-33(4)45)39(54-34(5)46)40(49)41-28-26-24-22-20-18-16-14-12-10-8-6-7-9-11-13-15-17-19-21-23-25-27-36(47)48/h35,37-39H,6-29H2,1-5H3,(H,41,49)(H,47,48)/t35-,37-,38+,39-/m1/s1. The topological polar surface area (TPSA) is 198 Å². The molecule has 0 aliphatic rings. The number of ether oxygens (including phenoxy) is 5. The molecule has 0 aromatic carbocycles. The van der Waals surface area contributed by atoms with E-state index in [0.717, 1.165) is 79.6 Å². The smallest absolute Gasteiger partial charge is 0.303 e. The maximum Gasteiger partial charge on any atom is 0.303 e. The minimum Gasteiger partial charge on any atom is -0.481 e. The maximum atomic E-state index is 13.3. The predicted octanol–water partition coefficient (Wildman–Crippen LogP) is 7.06. The molecule has 4 atom stereocenters. The van der Waals surface area contributed by atoms with Crippen molar-refractivity contribution in [3.63, 3.8) is 0 Å². The number of nitrogens with one attached hydrogen (secondary N) is 1. The Bertz CT molecular complexity index is 1100. The first-order valence-corrected chi connectivity index (χ1v) is 20.1. The highest BCUT2D eigenvalue weighted by Gasteiger charge is 2.46. The molecule has 0 rings (SSSR count). The molecule has 54 heavy (non-hydrogen) atoms. The van der Waals surface area contributed by atoms with Crippen molar-refractivity contribution in [2.75, 3.05) is 13.2 Å². The summed E-state index contributed by atoms with van der Waals surface area (Å²) >= 11 is 0. The number of carboxylic acids is 1. The lowest BCUT2D eigenvalue weighted by atomic mass is 10.0. The predicted molar refractivity (Wildman–Crippen MR) is 201 cm³/mol. The first-order chi connectivity index (χ1) is 25.7. The van der Waals surface area contributed by atoms with Crippen LogP contribution in [0.25, 0.3) is 0 Å². The Hall–Kier alpha value is -3.71. The third-order valence-electron chi connectivity index (χ3n) is 8.78. The molecule has 2 N–H and O–H groups in total. The van der Waals surface area contributed by atoms with Crippen LogP contribution in [-0.2, 0) is 57.2 Å². The Labute approximate surface area is 322 Å². The lowest BCUT2D eigenvalue weighted by Crippen LogP contribution is -2.57. The van der Waals surface area contributed by atoms with Crippen molar-refractivity contribution in [1.82, 2.24) is 5.32 Å². The van der Waals surface area contributed by atoms with Gasteiger partial charge >= 0.3 is 35.8 Å². The van der Waals surface area contributed by atoms with Crippen molar-refractivity contribution in [3.8, 4) is 0 Å². The molecule has 0 heterocycles. The Morgan fingerprint density at radius 3 is 1.15 bits per heavy atom. The van der Waals surface area contributed by atoms with Gasteiger partial charge in [0.2, 0.25) is 6.10 Å². The second-order valence-corrected chi connectivity index (χ2v) is 14.0. The first-order valence-electron chi connectivity index (χ1n) is 20.1. The molecule has 0 radical (unpaired) electrons. The van der Waals surface area contributed by atoms with Crippen LogP contribution in [-0.4, -0.2) is 84.4 Å². The van der Waals surface area contributed by atoms with E-state index in [-0.39, 0.29) is 6.54 Å². The molecule has 312 valence electrons. The van der Waals surface area contributed by atoms with E-state index in [1.54, 1.807) is 0 Å². The Balaban J connectivity index is 4.45. The molecular formula is C40H69NO13. The van der Waals surface area contributed by atoms with Gasteiger partial charge in [-0.15, -0.1) is 0 Å². The average Bonchev–Trinajstić information content (AvgIpc) is 3.08. The van der Waals surface area contributed by atoms with Crippen LogP contribution in [0.4, 0.5) is 0 Å². The van der Waals surface area contributed by atoms with E-state index < -0.39 is 72.7 Å². The normalized spacial score (nSPS) is 13.1. The molecule has 1 amide bonds. The van der Waals surface area contributed by atoms with E-state index in [0.29, 0.717) is 12.8 Å². The summed E-state index contributed by atoms with van der Waals surface area (Å²) in [6.07, 6.45) is 18.0. The third-order valence-corrected chi connectivity index (χ3v) is 8.78. The molecule has 0 aromatic rings. The molecule has 0 aliphatic carbocycles. The molecule has 0 spiro atoms. The zero-order chi connectivity index (χ0) is 40.6. The summed E-state index contributed by atoms with van der Waals surface area (Å²) in [5, 5.41) is 11.3. The van der Waals surface area contributed by atoms with Gasteiger partial charge in [-0.1, -0.05) is 122 Å².